The van der Waals surface area contributed by atoms with E-state index in [9.17, 15) is 17.6 Å². The number of anilines is 1. The molecule has 1 N–H and O–H groups in total. The molecule has 0 atom stereocenters. The number of benzene rings is 1. The topological polar surface area (TPSA) is 34.1 Å². The van der Waals surface area contributed by atoms with Crippen LogP contribution in [0.1, 0.15) is 11.1 Å². The van der Waals surface area contributed by atoms with Gasteiger partial charge in [-0.05, 0) is 29.8 Å². The molecule has 2 aromatic rings. The first-order chi connectivity index (χ1) is 9.88. The van der Waals surface area contributed by atoms with Crippen LogP contribution >= 0.6 is 0 Å². The fraction of sp³-hybridized carbons (Fsp3) is 0.214. The first-order valence-corrected chi connectivity index (χ1v) is 5.99. The first kappa shape index (κ1) is 15.1. The summed E-state index contributed by atoms with van der Waals surface area (Å²) in [5.74, 6) is -0.500. The Morgan fingerprint density at radius 3 is 2.52 bits per heavy atom. The van der Waals surface area contributed by atoms with Gasteiger partial charge >= 0.3 is 6.18 Å². The van der Waals surface area contributed by atoms with Crippen LogP contribution in [0.5, 0.6) is 5.88 Å². The third-order valence-corrected chi connectivity index (χ3v) is 2.73. The van der Waals surface area contributed by atoms with Crippen molar-refractivity contribution in [1.29, 1.82) is 0 Å². The number of aromatic nitrogens is 1. The molecule has 0 radical (unpaired) electrons. The minimum atomic E-state index is -4.57. The minimum absolute atomic E-state index is 0.0504. The summed E-state index contributed by atoms with van der Waals surface area (Å²) in [6.07, 6.45) is -3.10. The Hall–Kier alpha value is -2.31. The molecule has 1 aromatic carbocycles. The van der Waals surface area contributed by atoms with Crippen molar-refractivity contribution in [2.45, 2.75) is 12.7 Å². The highest BCUT2D eigenvalue weighted by atomic mass is 19.4. The molecule has 0 bridgehead atoms. The van der Waals surface area contributed by atoms with E-state index >= 15 is 0 Å². The third-order valence-electron chi connectivity index (χ3n) is 2.73. The Kier molecular flexibility index (Phi) is 4.30. The Morgan fingerprint density at radius 1 is 1.19 bits per heavy atom. The Labute approximate surface area is 118 Å². The van der Waals surface area contributed by atoms with Gasteiger partial charge < -0.3 is 10.1 Å². The van der Waals surface area contributed by atoms with Crippen LogP contribution in [-0.4, -0.2) is 12.1 Å². The van der Waals surface area contributed by atoms with Gasteiger partial charge in [0.15, 0.2) is 0 Å². The highest BCUT2D eigenvalue weighted by Crippen LogP contribution is 2.30. The summed E-state index contributed by atoms with van der Waals surface area (Å²) in [6, 6.07) is 5.70. The molecule has 2 rings (SSSR count). The molecule has 0 aliphatic heterocycles. The number of hydrogen-bond acceptors (Lipinski definition) is 3. The van der Waals surface area contributed by atoms with E-state index in [1.807, 2.05) is 0 Å². The van der Waals surface area contributed by atoms with Crippen LogP contribution in [0.15, 0.2) is 36.5 Å². The fourth-order valence-electron chi connectivity index (χ4n) is 1.73. The van der Waals surface area contributed by atoms with E-state index in [0.29, 0.717) is 17.6 Å². The lowest BCUT2D eigenvalue weighted by molar-refractivity contribution is -0.137. The molecule has 1 aromatic heterocycles. The molecular formula is C14H12F4N2O. The first-order valence-electron chi connectivity index (χ1n) is 5.99. The van der Waals surface area contributed by atoms with Crippen molar-refractivity contribution in [3.63, 3.8) is 0 Å². The largest absolute Gasteiger partial charge is 0.481 e. The van der Waals surface area contributed by atoms with E-state index in [4.69, 9.17) is 4.74 Å². The van der Waals surface area contributed by atoms with Crippen molar-refractivity contribution in [2.24, 2.45) is 0 Å². The summed E-state index contributed by atoms with van der Waals surface area (Å²) < 4.78 is 55.9. The molecule has 3 nitrogen and oxygen atoms in total. The number of hydrogen-bond donors (Lipinski definition) is 1. The number of pyridine rings is 1. The zero-order valence-corrected chi connectivity index (χ0v) is 11.0. The number of methoxy groups -OCH3 is 1. The quantitative estimate of drug-likeness (QED) is 0.871. The van der Waals surface area contributed by atoms with Crippen molar-refractivity contribution >= 4 is 5.69 Å². The molecule has 7 heteroatoms. The van der Waals surface area contributed by atoms with E-state index < -0.39 is 17.6 Å². The SMILES string of the molecule is COc1ccc(NCc2cc(F)cc(C(F)(F)F)c2)cn1. The van der Waals surface area contributed by atoms with Gasteiger partial charge in [-0.15, -0.1) is 0 Å². The van der Waals surface area contributed by atoms with E-state index in [1.165, 1.54) is 13.3 Å². The lowest BCUT2D eigenvalue weighted by Crippen LogP contribution is -2.08. The van der Waals surface area contributed by atoms with Gasteiger partial charge in [0.1, 0.15) is 5.82 Å². The van der Waals surface area contributed by atoms with Crippen LogP contribution in [0.2, 0.25) is 0 Å². The molecule has 1 heterocycles. The second kappa shape index (κ2) is 5.99. The van der Waals surface area contributed by atoms with Gasteiger partial charge in [0.25, 0.3) is 0 Å². The maximum atomic E-state index is 13.2. The summed E-state index contributed by atoms with van der Waals surface area (Å²) in [7, 11) is 1.47. The number of rotatable bonds is 4. The van der Waals surface area contributed by atoms with Crippen molar-refractivity contribution in [2.75, 3.05) is 12.4 Å². The van der Waals surface area contributed by atoms with Crippen LogP contribution in [0.4, 0.5) is 23.2 Å². The van der Waals surface area contributed by atoms with Gasteiger partial charge in [0, 0.05) is 12.6 Å². The highest BCUT2D eigenvalue weighted by molar-refractivity contribution is 5.43. The second-order valence-electron chi connectivity index (χ2n) is 4.29. The maximum absolute atomic E-state index is 13.2. The summed E-state index contributed by atoms with van der Waals surface area (Å²) >= 11 is 0. The predicted molar refractivity (Wildman–Crippen MR) is 69.5 cm³/mol. The molecule has 0 fully saturated rings. The average Bonchev–Trinajstić information content (AvgIpc) is 2.44. The van der Waals surface area contributed by atoms with Crippen molar-refractivity contribution in [3.05, 3.63) is 53.5 Å². The molecular weight excluding hydrogens is 288 g/mol. The van der Waals surface area contributed by atoms with E-state index in [1.54, 1.807) is 12.1 Å². The van der Waals surface area contributed by atoms with E-state index in [2.05, 4.69) is 10.3 Å². The summed E-state index contributed by atoms with van der Waals surface area (Å²) in [4.78, 5) is 3.95. The van der Waals surface area contributed by atoms with Gasteiger partial charge in [0.05, 0.1) is 24.6 Å². The van der Waals surface area contributed by atoms with Crippen LogP contribution in [0, 0.1) is 5.82 Å². The molecule has 0 amide bonds. The number of nitrogens with zero attached hydrogens (tertiary/aromatic N) is 1. The number of nitrogens with one attached hydrogen (secondary N) is 1. The normalized spacial score (nSPS) is 11.3. The standard InChI is InChI=1S/C14H12F4N2O/c1-21-13-3-2-12(8-20-13)19-7-9-4-10(14(16,17)18)6-11(15)5-9/h2-6,8,19H,7H2,1H3. The zero-order chi connectivity index (χ0) is 15.5. The van der Waals surface area contributed by atoms with Crippen molar-refractivity contribution in [1.82, 2.24) is 4.98 Å². The van der Waals surface area contributed by atoms with E-state index in [-0.39, 0.29) is 12.1 Å². The van der Waals surface area contributed by atoms with Gasteiger partial charge in [-0.1, -0.05) is 0 Å². The van der Waals surface area contributed by atoms with Crippen molar-refractivity contribution in [3.8, 4) is 5.88 Å². The monoisotopic (exact) mass is 300 g/mol. The zero-order valence-electron chi connectivity index (χ0n) is 11.0. The predicted octanol–water partition coefficient (Wildman–Crippen LogP) is 3.86. The summed E-state index contributed by atoms with van der Waals surface area (Å²) in [5.41, 5.74) is -0.223. The second-order valence-corrected chi connectivity index (χ2v) is 4.29. The van der Waals surface area contributed by atoms with Gasteiger partial charge in [-0.25, -0.2) is 9.37 Å². The van der Waals surface area contributed by atoms with Gasteiger partial charge in [-0.2, -0.15) is 13.2 Å². The van der Waals surface area contributed by atoms with E-state index in [0.717, 1.165) is 12.1 Å². The molecule has 0 saturated carbocycles. The molecule has 0 unspecified atom stereocenters. The van der Waals surface area contributed by atoms with Gasteiger partial charge in [-0.3, -0.25) is 0 Å². The molecule has 21 heavy (non-hydrogen) atoms. The van der Waals surface area contributed by atoms with Crippen LogP contribution in [-0.2, 0) is 12.7 Å². The summed E-state index contributed by atoms with van der Waals surface area (Å²) in [6.45, 7) is 0.0504. The third kappa shape index (κ3) is 4.08. The fourth-order valence-corrected chi connectivity index (χ4v) is 1.73. The number of alkyl halides is 3. The average molecular weight is 300 g/mol. The molecule has 112 valence electrons. The smallest absolute Gasteiger partial charge is 0.416 e. The lowest BCUT2D eigenvalue weighted by Gasteiger charge is -2.11. The maximum Gasteiger partial charge on any atom is 0.416 e. The minimum Gasteiger partial charge on any atom is -0.481 e. The molecule has 0 aliphatic rings. The highest BCUT2D eigenvalue weighted by Gasteiger charge is 2.31. The Bertz CT molecular complexity index is 611. The Balaban J connectivity index is 2.10. The van der Waals surface area contributed by atoms with Gasteiger partial charge in [0.2, 0.25) is 5.88 Å². The molecule has 0 aliphatic carbocycles. The number of ether oxygens (including phenoxy) is 1. The molecule has 0 spiro atoms. The Morgan fingerprint density at radius 2 is 1.95 bits per heavy atom. The summed E-state index contributed by atoms with van der Waals surface area (Å²) in [5, 5.41) is 2.87. The molecule has 0 saturated heterocycles. The van der Waals surface area contributed by atoms with Crippen LogP contribution in [0.3, 0.4) is 0 Å². The van der Waals surface area contributed by atoms with Crippen LogP contribution in [0.25, 0.3) is 0 Å². The number of halogens is 4. The lowest BCUT2D eigenvalue weighted by atomic mass is 10.1. The van der Waals surface area contributed by atoms with Crippen LogP contribution < -0.4 is 10.1 Å². The van der Waals surface area contributed by atoms with Crippen molar-refractivity contribution < 1.29 is 22.3 Å².